The normalized spacial score (nSPS) is 11.8. The molecule has 3 N–H and O–H groups in total. The Kier molecular flexibility index (Phi) is 4.63. The van der Waals surface area contributed by atoms with Crippen LogP contribution >= 0.6 is 0 Å². The Balaban J connectivity index is 1.73. The summed E-state index contributed by atoms with van der Waals surface area (Å²) in [6.45, 7) is 1.66. The average molecular weight is 372 g/mol. The lowest BCUT2D eigenvalue weighted by atomic mass is 10.3. The number of nitriles is 1. The highest BCUT2D eigenvalue weighted by molar-refractivity contribution is 7.92. The van der Waals surface area contributed by atoms with Crippen LogP contribution in [0.5, 0.6) is 0 Å². The fraction of sp³-hybridized carbons (Fsp3) is 0.0714. The van der Waals surface area contributed by atoms with Gasteiger partial charge in [-0.3, -0.25) is 4.72 Å². The molecule has 1 aromatic carbocycles. The van der Waals surface area contributed by atoms with Crippen LogP contribution in [-0.2, 0) is 10.0 Å². The van der Waals surface area contributed by atoms with Crippen molar-refractivity contribution in [3.05, 3.63) is 48.1 Å². The minimum Gasteiger partial charge on any atom is -0.360 e. The maximum atomic E-state index is 12.3. The molecule has 3 rings (SSSR count). The van der Waals surface area contributed by atoms with Crippen LogP contribution in [0.4, 0.5) is 11.5 Å². The van der Waals surface area contributed by atoms with Gasteiger partial charge in [-0.25, -0.2) is 8.42 Å². The largest absolute Gasteiger partial charge is 0.360 e. The lowest BCUT2D eigenvalue weighted by Gasteiger charge is -2.06. The van der Waals surface area contributed by atoms with E-state index in [9.17, 15) is 8.42 Å². The third-order valence-electron chi connectivity index (χ3n) is 3.12. The fourth-order valence-electron chi connectivity index (χ4n) is 1.92. The SMILES string of the molecule is Cc1cc(NS(=O)(=O)c2ccc(NC=C(C#N)c3nn[nH]n3)cc2)no1. The molecular weight excluding hydrogens is 360 g/mol. The van der Waals surface area contributed by atoms with Gasteiger partial charge in [-0.1, -0.05) is 5.16 Å². The van der Waals surface area contributed by atoms with Gasteiger partial charge >= 0.3 is 0 Å². The second-order valence-corrected chi connectivity index (χ2v) is 6.68. The van der Waals surface area contributed by atoms with E-state index < -0.39 is 10.0 Å². The summed E-state index contributed by atoms with van der Waals surface area (Å²) in [6.07, 6.45) is 1.39. The van der Waals surface area contributed by atoms with Crippen molar-refractivity contribution in [3.63, 3.8) is 0 Å². The molecular formula is C14H12N8O3S. The second kappa shape index (κ2) is 7.03. The highest BCUT2D eigenvalue weighted by Crippen LogP contribution is 2.18. The number of H-pyrrole nitrogens is 1. The third kappa shape index (κ3) is 3.84. The van der Waals surface area contributed by atoms with Gasteiger partial charge in [0.25, 0.3) is 10.0 Å². The Morgan fingerprint density at radius 1 is 1.35 bits per heavy atom. The third-order valence-corrected chi connectivity index (χ3v) is 4.49. The fourth-order valence-corrected chi connectivity index (χ4v) is 2.90. The molecule has 0 aliphatic rings. The van der Waals surface area contributed by atoms with E-state index in [-0.39, 0.29) is 22.1 Å². The lowest BCUT2D eigenvalue weighted by Crippen LogP contribution is -2.13. The van der Waals surface area contributed by atoms with Crippen molar-refractivity contribution in [3.8, 4) is 6.07 Å². The van der Waals surface area contributed by atoms with Gasteiger partial charge < -0.3 is 9.84 Å². The Hall–Kier alpha value is -3.72. The Labute approximate surface area is 147 Å². The highest BCUT2D eigenvalue weighted by atomic mass is 32.2. The van der Waals surface area contributed by atoms with Crippen LogP contribution in [0.1, 0.15) is 11.6 Å². The Bertz CT molecular complexity index is 1060. The second-order valence-electron chi connectivity index (χ2n) is 5.00. The number of benzene rings is 1. The van der Waals surface area contributed by atoms with Gasteiger partial charge in [-0.2, -0.15) is 10.5 Å². The molecule has 0 aliphatic heterocycles. The molecule has 0 amide bonds. The molecule has 26 heavy (non-hydrogen) atoms. The summed E-state index contributed by atoms with van der Waals surface area (Å²) < 4.78 is 31.7. The number of nitrogens with zero attached hydrogens (tertiary/aromatic N) is 5. The summed E-state index contributed by atoms with van der Waals surface area (Å²) >= 11 is 0. The molecule has 2 aromatic heterocycles. The first-order chi connectivity index (χ1) is 12.5. The predicted molar refractivity (Wildman–Crippen MR) is 89.9 cm³/mol. The topological polar surface area (TPSA) is 162 Å². The molecule has 12 heteroatoms. The molecule has 2 heterocycles. The number of aromatic nitrogens is 5. The molecule has 0 atom stereocenters. The number of hydrogen-bond acceptors (Lipinski definition) is 9. The van der Waals surface area contributed by atoms with Gasteiger partial charge in [0.15, 0.2) is 5.82 Å². The minimum atomic E-state index is -3.79. The maximum absolute atomic E-state index is 12.3. The van der Waals surface area contributed by atoms with Gasteiger partial charge in [-0.15, -0.1) is 10.2 Å². The van der Waals surface area contributed by atoms with Gasteiger partial charge in [0.1, 0.15) is 17.4 Å². The van der Waals surface area contributed by atoms with Gasteiger partial charge in [0.05, 0.1) is 4.90 Å². The summed E-state index contributed by atoms with van der Waals surface area (Å²) in [5.41, 5.74) is 0.732. The van der Waals surface area contributed by atoms with Crippen molar-refractivity contribution in [1.82, 2.24) is 25.8 Å². The van der Waals surface area contributed by atoms with Crippen LogP contribution in [-0.4, -0.2) is 34.2 Å². The molecule has 0 fully saturated rings. The number of sulfonamides is 1. The van der Waals surface area contributed by atoms with Crippen molar-refractivity contribution in [2.45, 2.75) is 11.8 Å². The van der Waals surface area contributed by atoms with Crippen LogP contribution in [0.2, 0.25) is 0 Å². The van der Waals surface area contributed by atoms with Gasteiger partial charge in [0.2, 0.25) is 5.82 Å². The van der Waals surface area contributed by atoms with E-state index in [1.165, 1.54) is 24.4 Å². The zero-order valence-corrected chi connectivity index (χ0v) is 14.1. The number of rotatable bonds is 6. The maximum Gasteiger partial charge on any atom is 0.263 e. The van der Waals surface area contributed by atoms with E-state index in [2.05, 4.69) is 35.8 Å². The molecule has 0 saturated heterocycles. The van der Waals surface area contributed by atoms with Crippen LogP contribution in [0, 0.1) is 18.3 Å². The van der Waals surface area contributed by atoms with Crippen molar-refractivity contribution in [1.29, 1.82) is 5.26 Å². The van der Waals surface area contributed by atoms with Crippen molar-refractivity contribution < 1.29 is 12.9 Å². The summed E-state index contributed by atoms with van der Waals surface area (Å²) in [5, 5.41) is 28.6. The average Bonchev–Trinajstić information content (AvgIpc) is 3.28. The van der Waals surface area contributed by atoms with E-state index in [4.69, 9.17) is 9.78 Å². The molecule has 11 nitrogen and oxygen atoms in total. The molecule has 0 aliphatic carbocycles. The van der Waals surface area contributed by atoms with E-state index in [0.717, 1.165) is 0 Å². The van der Waals surface area contributed by atoms with E-state index in [0.29, 0.717) is 11.4 Å². The number of nitrogens with one attached hydrogen (secondary N) is 3. The van der Waals surface area contributed by atoms with Crippen LogP contribution < -0.4 is 10.0 Å². The van der Waals surface area contributed by atoms with Crippen molar-refractivity contribution in [2.24, 2.45) is 0 Å². The number of aromatic amines is 1. The number of aryl methyl sites for hydroxylation is 1. The Morgan fingerprint density at radius 2 is 2.12 bits per heavy atom. The van der Waals surface area contributed by atoms with Gasteiger partial charge in [-0.05, 0) is 36.4 Å². The molecule has 0 radical (unpaired) electrons. The predicted octanol–water partition coefficient (Wildman–Crippen LogP) is 1.27. The summed E-state index contributed by atoms with van der Waals surface area (Å²) in [5.74, 6) is 0.738. The van der Waals surface area contributed by atoms with Crippen molar-refractivity contribution >= 4 is 27.1 Å². The van der Waals surface area contributed by atoms with E-state index >= 15 is 0 Å². The van der Waals surface area contributed by atoms with Crippen LogP contribution in [0.25, 0.3) is 5.57 Å². The molecule has 0 spiro atoms. The first-order valence-corrected chi connectivity index (χ1v) is 8.63. The number of allylic oxidation sites excluding steroid dienone is 1. The monoisotopic (exact) mass is 372 g/mol. The van der Waals surface area contributed by atoms with Gasteiger partial charge in [0, 0.05) is 18.0 Å². The van der Waals surface area contributed by atoms with E-state index in [1.54, 1.807) is 19.1 Å². The molecule has 0 unspecified atom stereocenters. The summed E-state index contributed by atoms with van der Waals surface area (Å²) in [6, 6.07) is 9.31. The first kappa shape index (κ1) is 17.1. The van der Waals surface area contributed by atoms with Crippen LogP contribution in [0.3, 0.4) is 0 Å². The molecule has 0 saturated carbocycles. The molecule has 132 valence electrons. The Morgan fingerprint density at radius 3 is 2.69 bits per heavy atom. The first-order valence-electron chi connectivity index (χ1n) is 7.15. The number of hydrogen-bond donors (Lipinski definition) is 3. The lowest BCUT2D eigenvalue weighted by molar-refractivity contribution is 0.400. The number of tetrazole rings is 1. The summed E-state index contributed by atoms with van der Waals surface area (Å²) in [4.78, 5) is 0.0476. The number of anilines is 2. The minimum absolute atomic E-state index is 0.0476. The quantitative estimate of drug-likeness (QED) is 0.541. The smallest absolute Gasteiger partial charge is 0.263 e. The summed E-state index contributed by atoms with van der Waals surface area (Å²) in [7, 11) is -3.79. The molecule has 3 aromatic rings. The van der Waals surface area contributed by atoms with Crippen LogP contribution in [0.15, 0.2) is 46.0 Å². The highest BCUT2D eigenvalue weighted by Gasteiger charge is 2.16. The standard InChI is InChI=1S/C14H12N8O3S/c1-9-6-13(19-25-9)20-26(23,24)12-4-2-11(3-5-12)16-8-10(7-15)14-17-21-22-18-14/h2-6,8,16H,1H3,(H,19,20)(H,17,18,21,22). The van der Waals surface area contributed by atoms with E-state index in [1.807, 2.05) is 6.07 Å². The molecule has 0 bridgehead atoms. The zero-order valence-electron chi connectivity index (χ0n) is 13.3. The zero-order chi connectivity index (χ0) is 18.6. The van der Waals surface area contributed by atoms with Crippen molar-refractivity contribution in [2.75, 3.05) is 10.0 Å².